The molecule has 7 heteroatoms. The number of rotatable bonds is 6. The van der Waals surface area contributed by atoms with Crippen molar-refractivity contribution in [1.29, 1.82) is 0 Å². The van der Waals surface area contributed by atoms with E-state index >= 15 is 0 Å². The molecule has 100 valence electrons. The number of hydroxylamine groups is 2. The van der Waals surface area contributed by atoms with Gasteiger partial charge < -0.3 is 9.94 Å². The third kappa shape index (κ3) is 3.54. The zero-order valence-electron chi connectivity index (χ0n) is 10.0. The molecule has 1 aliphatic rings. The molecule has 1 saturated heterocycles. The Balaban J connectivity index is 2.54. The van der Waals surface area contributed by atoms with E-state index in [-0.39, 0.29) is 25.7 Å². The molecule has 0 spiro atoms. The van der Waals surface area contributed by atoms with E-state index in [4.69, 9.17) is 9.94 Å². The maximum atomic E-state index is 11.7. The topological polar surface area (TPSA) is 101 Å². The molecule has 1 heterocycles. The van der Waals surface area contributed by atoms with Gasteiger partial charge in [0.15, 0.2) is 0 Å². The fraction of sp³-hybridized carbons (Fsp3) is 0.636. The number of hydrogen-bond acceptors (Lipinski definition) is 5. The molecule has 2 amide bonds. The Morgan fingerprint density at radius 2 is 1.89 bits per heavy atom. The lowest BCUT2D eigenvalue weighted by molar-refractivity contribution is -0.201. The summed E-state index contributed by atoms with van der Waals surface area (Å²) in [7, 11) is 0. The molecular weight excluding hydrogens is 242 g/mol. The van der Waals surface area contributed by atoms with Crippen LogP contribution < -0.4 is 0 Å². The van der Waals surface area contributed by atoms with Crippen molar-refractivity contribution in [3.8, 4) is 0 Å². The van der Waals surface area contributed by atoms with Gasteiger partial charge in [0.1, 0.15) is 0 Å². The first kappa shape index (κ1) is 14.1. The third-order valence-electron chi connectivity index (χ3n) is 2.72. The predicted octanol–water partition coefficient (Wildman–Crippen LogP) is 0.485. The van der Waals surface area contributed by atoms with Crippen molar-refractivity contribution in [3.63, 3.8) is 0 Å². The van der Waals surface area contributed by atoms with Crippen molar-refractivity contribution in [3.05, 3.63) is 0 Å². The van der Waals surface area contributed by atoms with Gasteiger partial charge in [-0.15, -0.1) is 5.06 Å². The number of aliphatic carboxylic acids is 1. The molecule has 18 heavy (non-hydrogen) atoms. The van der Waals surface area contributed by atoms with Gasteiger partial charge in [0.2, 0.25) is 0 Å². The molecule has 7 nitrogen and oxygen atoms in total. The highest BCUT2D eigenvalue weighted by Gasteiger charge is 2.34. The van der Waals surface area contributed by atoms with E-state index in [0.29, 0.717) is 11.5 Å². The van der Waals surface area contributed by atoms with Gasteiger partial charge in [-0.25, -0.2) is 4.79 Å². The van der Waals surface area contributed by atoms with E-state index in [9.17, 15) is 19.2 Å². The Hall–Kier alpha value is -1.92. The van der Waals surface area contributed by atoms with Crippen LogP contribution in [0.5, 0.6) is 0 Å². The quantitative estimate of drug-likeness (QED) is 0.695. The summed E-state index contributed by atoms with van der Waals surface area (Å²) in [4.78, 5) is 49.3. The maximum Gasteiger partial charge on any atom is 0.336 e. The molecule has 0 bridgehead atoms. The normalized spacial score (nSPS) is 16.8. The average molecular weight is 257 g/mol. The van der Waals surface area contributed by atoms with Crippen LogP contribution in [0.15, 0.2) is 0 Å². The Morgan fingerprint density at radius 1 is 1.33 bits per heavy atom. The number of imide groups is 1. The number of amides is 2. The van der Waals surface area contributed by atoms with E-state index < -0.39 is 29.7 Å². The standard InChI is InChI=1S/C11H15NO6/c1-2-7(3-6-10(15)16)11(17)18-12-8(13)4-5-9(12)14/h7H,2-6H2,1H3,(H,15,16). The predicted molar refractivity (Wildman–Crippen MR) is 57.8 cm³/mol. The van der Waals surface area contributed by atoms with E-state index in [2.05, 4.69) is 0 Å². The first-order valence-electron chi connectivity index (χ1n) is 5.75. The third-order valence-corrected chi connectivity index (χ3v) is 2.72. The van der Waals surface area contributed by atoms with Gasteiger partial charge in [-0.1, -0.05) is 6.92 Å². The van der Waals surface area contributed by atoms with Crippen LogP contribution in [0.3, 0.4) is 0 Å². The molecule has 0 aromatic rings. The Morgan fingerprint density at radius 3 is 2.33 bits per heavy atom. The minimum absolute atomic E-state index is 0.0397. The van der Waals surface area contributed by atoms with E-state index in [1.54, 1.807) is 6.92 Å². The second-order valence-corrected chi connectivity index (χ2v) is 4.03. The number of carboxylic acid groups (broad SMARTS) is 1. The Labute approximate surface area is 104 Å². The highest BCUT2D eigenvalue weighted by molar-refractivity contribution is 6.01. The second-order valence-electron chi connectivity index (χ2n) is 4.03. The van der Waals surface area contributed by atoms with Crippen molar-refractivity contribution in [2.75, 3.05) is 0 Å². The number of hydrogen-bond donors (Lipinski definition) is 1. The van der Waals surface area contributed by atoms with Crippen LogP contribution in [0.1, 0.15) is 39.0 Å². The first-order chi connectivity index (χ1) is 8.45. The molecule has 1 unspecified atom stereocenters. The second kappa shape index (κ2) is 6.13. The summed E-state index contributed by atoms with van der Waals surface area (Å²) in [6.07, 6.45) is 0.439. The lowest BCUT2D eigenvalue weighted by atomic mass is 10.0. The molecule has 1 atom stereocenters. The SMILES string of the molecule is CCC(CCC(=O)O)C(=O)ON1C(=O)CCC1=O. The molecule has 0 saturated carbocycles. The van der Waals surface area contributed by atoms with Crippen LogP contribution in [-0.4, -0.2) is 33.9 Å². The van der Waals surface area contributed by atoms with Crippen LogP contribution in [0.4, 0.5) is 0 Å². The summed E-state index contributed by atoms with van der Waals surface area (Å²) in [6.45, 7) is 1.71. The van der Waals surface area contributed by atoms with Gasteiger partial charge in [0, 0.05) is 19.3 Å². The minimum atomic E-state index is -1.01. The summed E-state index contributed by atoms with van der Waals surface area (Å²) in [6, 6.07) is 0. The zero-order chi connectivity index (χ0) is 13.7. The van der Waals surface area contributed by atoms with Crippen molar-refractivity contribution in [2.45, 2.75) is 39.0 Å². The summed E-state index contributed by atoms with van der Waals surface area (Å²) in [5.74, 6) is -3.44. The zero-order valence-corrected chi connectivity index (χ0v) is 10.0. The maximum absolute atomic E-state index is 11.7. The molecule has 1 fully saturated rings. The molecule has 0 aromatic carbocycles. The van der Waals surface area contributed by atoms with Gasteiger partial charge >= 0.3 is 11.9 Å². The van der Waals surface area contributed by atoms with Crippen LogP contribution in [0.2, 0.25) is 0 Å². The van der Waals surface area contributed by atoms with Gasteiger partial charge in [0.25, 0.3) is 11.8 Å². The van der Waals surface area contributed by atoms with Gasteiger partial charge in [-0.3, -0.25) is 14.4 Å². The van der Waals surface area contributed by atoms with Gasteiger partial charge in [-0.2, -0.15) is 0 Å². The first-order valence-corrected chi connectivity index (χ1v) is 5.75. The monoisotopic (exact) mass is 257 g/mol. The average Bonchev–Trinajstić information content (AvgIpc) is 2.61. The summed E-state index contributed by atoms with van der Waals surface area (Å²) >= 11 is 0. The fourth-order valence-corrected chi connectivity index (χ4v) is 1.61. The van der Waals surface area contributed by atoms with Crippen LogP contribution in [0, 0.1) is 5.92 Å². The number of carbonyl (C=O) groups excluding carboxylic acids is 3. The molecular formula is C11H15NO6. The minimum Gasteiger partial charge on any atom is -0.481 e. The summed E-state index contributed by atoms with van der Waals surface area (Å²) in [5.41, 5.74) is 0. The fourth-order valence-electron chi connectivity index (χ4n) is 1.61. The highest BCUT2D eigenvalue weighted by atomic mass is 16.7. The molecule has 0 aromatic heterocycles. The lowest BCUT2D eigenvalue weighted by Gasteiger charge is -2.17. The Bertz CT molecular complexity index is 362. The van der Waals surface area contributed by atoms with Crippen LogP contribution >= 0.6 is 0 Å². The summed E-state index contributed by atoms with van der Waals surface area (Å²) in [5, 5.41) is 9.02. The van der Waals surface area contributed by atoms with Crippen LogP contribution in [0.25, 0.3) is 0 Å². The molecule has 0 aliphatic carbocycles. The summed E-state index contributed by atoms with van der Waals surface area (Å²) < 4.78 is 0. The number of carboxylic acids is 1. The molecule has 1 N–H and O–H groups in total. The van der Waals surface area contributed by atoms with Crippen molar-refractivity contribution in [1.82, 2.24) is 5.06 Å². The highest BCUT2D eigenvalue weighted by Crippen LogP contribution is 2.18. The van der Waals surface area contributed by atoms with Crippen molar-refractivity contribution < 1.29 is 29.1 Å². The van der Waals surface area contributed by atoms with Gasteiger partial charge in [0.05, 0.1) is 5.92 Å². The number of carbonyl (C=O) groups is 4. The lowest BCUT2D eigenvalue weighted by Crippen LogP contribution is -2.34. The largest absolute Gasteiger partial charge is 0.481 e. The molecule has 1 aliphatic heterocycles. The van der Waals surface area contributed by atoms with Gasteiger partial charge in [-0.05, 0) is 12.8 Å². The van der Waals surface area contributed by atoms with Crippen LogP contribution in [-0.2, 0) is 24.0 Å². The number of nitrogens with zero attached hydrogens (tertiary/aromatic N) is 1. The van der Waals surface area contributed by atoms with Crippen molar-refractivity contribution >= 4 is 23.8 Å². The van der Waals surface area contributed by atoms with Crippen molar-refractivity contribution in [2.24, 2.45) is 5.92 Å². The van der Waals surface area contributed by atoms with E-state index in [1.807, 2.05) is 0 Å². The van der Waals surface area contributed by atoms with E-state index in [0.717, 1.165) is 0 Å². The Kier molecular flexibility index (Phi) is 4.82. The molecule has 1 rings (SSSR count). The molecule has 0 radical (unpaired) electrons. The van der Waals surface area contributed by atoms with E-state index in [1.165, 1.54) is 0 Å². The smallest absolute Gasteiger partial charge is 0.336 e.